The Morgan fingerprint density at radius 2 is 1.29 bits per heavy atom. The first-order valence-corrected chi connectivity index (χ1v) is 13.0. The molecule has 1 heterocycles. The minimum Gasteiger partial charge on any atom is -0.452 e. The summed E-state index contributed by atoms with van der Waals surface area (Å²) in [6.07, 6.45) is -1.79. The van der Waals surface area contributed by atoms with Gasteiger partial charge in [-0.05, 0) is 35.9 Å². The van der Waals surface area contributed by atoms with E-state index in [1.54, 1.807) is 23.9 Å². The van der Waals surface area contributed by atoms with E-state index in [2.05, 4.69) is 6.92 Å². The molecule has 1 aliphatic heterocycles. The smallest absolute Gasteiger partial charge is 0.338 e. The van der Waals surface area contributed by atoms with Crippen LogP contribution in [0.25, 0.3) is 0 Å². The van der Waals surface area contributed by atoms with E-state index in [9.17, 15) is 4.79 Å². The molecule has 3 aromatic carbocycles. The third kappa shape index (κ3) is 6.95. The highest BCUT2D eigenvalue weighted by atomic mass is 32.2. The minimum absolute atomic E-state index is 0.241. The number of carbonyl (C=O) groups is 1. The molecule has 6 heteroatoms. The van der Waals surface area contributed by atoms with Crippen LogP contribution in [-0.2, 0) is 32.2 Å². The van der Waals surface area contributed by atoms with Crippen LogP contribution in [0.15, 0.2) is 91.0 Å². The molecule has 0 aromatic heterocycles. The molecule has 5 nitrogen and oxygen atoms in total. The molecule has 1 saturated heterocycles. The Balaban J connectivity index is 1.59. The average Bonchev–Trinajstić information content (AvgIpc) is 2.90. The van der Waals surface area contributed by atoms with Crippen molar-refractivity contribution in [3.8, 4) is 0 Å². The van der Waals surface area contributed by atoms with E-state index in [-0.39, 0.29) is 11.5 Å². The zero-order valence-corrected chi connectivity index (χ0v) is 20.9. The molecule has 5 atom stereocenters. The Hall–Kier alpha value is -2.64. The lowest BCUT2D eigenvalue weighted by Crippen LogP contribution is -2.59. The van der Waals surface area contributed by atoms with Gasteiger partial charge in [0.15, 0.2) is 6.10 Å². The number of thioether (sulfide) groups is 1. The van der Waals surface area contributed by atoms with Gasteiger partial charge in [-0.2, -0.15) is 0 Å². The van der Waals surface area contributed by atoms with Crippen molar-refractivity contribution in [3.05, 3.63) is 108 Å². The van der Waals surface area contributed by atoms with Gasteiger partial charge < -0.3 is 18.9 Å². The number of hydrogen-bond acceptors (Lipinski definition) is 6. The van der Waals surface area contributed by atoms with E-state index in [0.717, 1.165) is 16.9 Å². The van der Waals surface area contributed by atoms with E-state index >= 15 is 0 Å². The van der Waals surface area contributed by atoms with E-state index in [4.69, 9.17) is 18.9 Å². The van der Waals surface area contributed by atoms with Gasteiger partial charge in [0.05, 0.1) is 24.9 Å². The maximum absolute atomic E-state index is 13.1. The molecule has 35 heavy (non-hydrogen) atoms. The van der Waals surface area contributed by atoms with Gasteiger partial charge in [0.1, 0.15) is 17.6 Å². The first kappa shape index (κ1) is 25.5. The SMILES string of the molecule is CCS[C@@H]1O[C@@H](C)[C@H](OCc2ccccc2)[C@@H](OCc2ccccc2)[C@H]1OC(=O)c1ccccc1. The highest BCUT2D eigenvalue weighted by Gasteiger charge is 2.48. The Labute approximate surface area is 211 Å². The van der Waals surface area contributed by atoms with Crippen molar-refractivity contribution in [2.75, 3.05) is 5.75 Å². The Kier molecular flexibility index (Phi) is 9.37. The minimum atomic E-state index is -0.631. The molecule has 1 aliphatic rings. The molecule has 0 bridgehead atoms. The van der Waals surface area contributed by atoms with Crippen molar-refractivity contribution in [3.63, 3.8) is 0 Å². The summed E-state index contributed by atoms with van der Waals surface area (Å²) in [5, 5.41) is 0. The van der Waals surface area contributed by atoms with Gasteiger partial charge in [-0.15, -0.1) is 11.8 Å². The summed E-state index contributed by atoms with van der Waals surface area (Å²) in [7, 11) is 0. The molecular weight excluding hydrogens is 460 g/mol. The zero-order chi connectivity index (χ0) is 24.5. The van der Waals surface area contributed by atoms with Crippen LogP contribution in [0.1, 0.15) is 35.3 Å². The van der Waals surface area contributed by atoms with Gasteiger partial charge in [-0.3, -0.25) is 0 Å². The number of esters is 1. The van der Waals surface area contributed by atoms with Crippen LogP contribution in [0.5, 0.6) is 0 Å². The van der Waals surface area contributed by atoms with Crippen molar-refractivity contribution in [1.29, 1.82) is 0 Å². The van der Waals surface area contributed by atoms with E-state index in [1.807, 2.05) is 85.8 Å². The second kappa shape index (κ2) is 12.9. The van der Waals surface area contributed by atoms with Crippen molar-refractivity contribution in [1.82, 2.24) is 0 Å². The summed E-state index contributed by atoms with van der Waals surface area (Å²) in [6.45, 7) is 4.85. The lowest BCUT2D eigenvalue weighted by Gasteiger charge is -2.44. The quantitative estimate of drug-likeness (QED) is 0.330. The third-order valence-corrected chi connectivity index (χ3v) is 6.92. The zero-order valence-electron chi connectivity index (χ0n) is 20.1. The summed E-state index contributed by atoms with van der Waals surface area (Å²) in [6, 6.07) is 29.0. The predicted molar refractivity (Wildman–Crippen MR) is 138 cm³/mol. The molecule has 4 rings (SSSR count). The molecular formula is C29H32O5S. The normalized spacial score (nSPS) is 24.1. The van der Waals surface area contributed by atoms with Crippen LogP contribution in [-0.4, -0.2) is 41.6 Å². The van der Waals surface area contributed by atoms with Crippen molar-refractivity contribution >= 4 is 17.7 Å². The Morgan fingerprint density at radius 3 is 1.83 bits per heavy atom. The van der Waals surface area contributed by atoms with Crippen molar-refractivity contribution in [2.24, 2.45) is 0 Å². The summed E-state index contributed by atoms with van der Waals surface area (Å²) in [5.74, 6) is 0.420. The van der Waals surface area contributed by atoms with Crippen LogP contribution in [0.3, 0.4) is 0 Å². The second-order valence-electron chi connectivity index (χ2n) is 8.42. The lowest BCUT2D eigenvalue weighted by atomic mass is 9.99. The molecule has 0 unspecified atom stereocenters. The predicted octanol–water partition coefficient (Wildman–Crippen LogP) is 5.88. The molecule has 3 aromatic rings. The van der Waals surface area contributed by atoms with Gasteiger partial charge in [0.2, 0.25) is 0 Å². The molecule has 0 radical (unpaired) electrons. The van der Waals surface area contributed by atoms with Crippen LogP contribution in [0, 0.1) is 0 Å². The highest BCUT2D eigenvalue weighted by molar-refractivity contribution is 7.99. The maximum atomic E-state index is 13.1. The number of benzene rings is 3. The average molecular weight is 493 g/mol. The Morgan fingerprint density at radius 1 is 0.771 bits per heavy atom. The van der Waals surface area contributed by atoms with Gasteiger partial charge in [-0.1, -0.05) is 85.8 Å². The van der Waals surface area contributed by atoms with Crippen LogP contribution in [0.2, 0.25) is 0 Å². The number of carbonyl (C=O) groups excluding carboxylic acids is 1. The molecule has 0 aliphatic carbocycles. The van der Waals surface area contributed by atoms with E-state index < -0.39 is 24.3 Å². The van der Waals surface area contributed by atoms with Gasteiger partial charge in [0.25, 0.3) is 0 Å². The summed E-state index contributed by atoms with van der Waals surface area (Å²) in [5.41, 5.74) is 2.24. The molecule has 0 spiro atoms. The van der Waals surface area contributed by atoms with Crippen LogP contribution in [0.4, 0.5) is 0 Å². The van der Waals surface area contributed by atoms with E-state index in [1.165, 1.54) is 0 Å². The molecule has 184 valence electrons. The fourth-order valence-corrected chi connectivity index (χ4v) is 5.10. The lowest BCUT2D eigenvalue weighted by molar-refractivity contribution is -0.229. The van der Waals surface area contributed by atoms with Gasteiger partial charge in [-0.25, -0.2) is 4.79 Å². The van der Waals surface area contributed by atoms with Crippen LogP contribution < -0.4 is 0 Å². The van der Waals surface area contributed by atoms with Gasteiger partial charge in [0, 0.05) is 0 Å². The number of hydrogen-bond donors (Lipinski definition) is 0. The van der Waals surface area contributed by atoms with Gasteiger partial charge >= 0.3 is 5.97 Å². The summed E-state index contributed by atoms with van der Waals surface area (Å²) < 4.78 is 25.3. The molecule has 0 amide bonds. The first-order valence-electron chi connectivity index (χ1n) is 12.0. The van der Waals surface area contributed by atoms with E-state index in [0.29, 0.717) is 18.8 Å². The van der Waals surface area contributed by atoms with Crippen molar-refractivity contribution < 1.29 is 23.7 Å². The van der Waals surface area contributed by atoms with Crippen molar-refractivity contribution in [2.45, 2.75) is 56.9 Å². The fourth-order valence-electron chi connectivity index (χ4n) is 4.12. The molecule has 0 N–H and O–H groups in total. The molecule has 0 saturated carbocycles. The summed E-state index contributed by atoms with van der Waals surface area (Å²) in [4.78, 5) is 13.1. The third-order valence-electron chi connectivity index (χ3n) is 5.88. The molecule has 1 fully saturated rings. The second-order valence-corrected chi connectivity index (χ2v) is 9.80. The largest absolute Gasteiger partial charge is 0.452 e. The highest BCUT2D eigenvalue weighted by Crippen LogP contribution is 2.35. The number of ether oxygens (including phenoxy) is 4. The number of rotatable bonds is 10. The maximum Gasteiger partial charge on any atom is 0.338 e. The Bertz CT molecular complexity index is 1030. The van der Waals surface area contributed by atoms with Crippen LogP contribution >= 0.6 is 11.8 Å². The first-order chi connectivity index (χ1) is 17.2. The standard InChI is InChI=1S/C29H32O5S/c1-3-35-29-27(34-28(30)24-17-11-6-12-18-24)26(32-20-23-15-9-5-10-16-23)25(21(2)33-29)31-19-22-13-7-4-8-14-22/h4-18,21,25-27,29H,3,19-20H2,1-2H3/t21-,25-,26+,27+,29-/m0/s1. The summed E-state index contributed by atoms with van der Waals surface area (Å²) >= 11 is 1.61. The topological polar surface area (TPSA) is 54.0 Å². The monoisotopic (exact) mass is 492 g/mol. The fraction of sp³-hybridized carbons (Fsp3) is 0.345.